The molecular weight excluding hydrogens is 558 g/mol. The number of hydrogen-bond acceptors (Lipinski definition) is 1. The zero-order valence-corrected chi connectivity index (χ0v) is 25.3. The Balaban J connectivity index is 1.10. The molecule has 6 aromatic rings. The van der Waals surface area contributed by atoms with E-state index in [9.17, 15) is 0 Å². The van der Waals surface area contributed by atoms with E-state index in [0.717, 1.165) is 12.1 Å². The van der Waals surface area contributed by atoms with E-state index in [1.54, 1.807) is 0 Å². The number of benzene rings is 5. The summed E-state index contributed by atoms with van der Waals surface area (Å²) in [6.07, 6.45) is 19.1. The Morgan fingerprint density at radius 3 is 2.52 bits per heavy atom. The molecule has 3 heteroatoms. The number of allylic oxidation sites excluding steroid dienone is 6. The Bertz CT molecular complexity index is 2420. The molecule has 0 radical (unpaired) electrons. The third-order valence-electron chi connectivity index (χ3n) is 10.5. The maximum atomic E-state index is 5.52. The van der Waals surface area contributed by atoms with Crippen molar-refractivity contribution in [2.45, 2.75) is 12.6 Å². The molecule has 0 spiro atoms. The van der Waals surface area contributed by atoms with E-state index in [4.69, 9.17) is 4.99 Å². The van der Waals surface area contributed by atoms with E-state index in [1.807, 2.05) is 0 Å². The normalized spacial score (nSPS) is 22.4. The van der Waals surface area contributed by atoms with E-state index >= 15 is 0 Å². The summed E-state index contributed by atoms with van der Waals surface area (Å²) >= 11 is 0. The molecule has 0 amide bonds. The van der Waals surface area contributed by atoms with Gasteiger partial charge in [0.05, 0.1) is 22.3 Å². The second-order valence-electron chi connectivity index (χ2n) is 12.9. The second-order valence-corrected chi connectivity index (χ2v) is 12.9. The molecule has 0 saturated carbocycles. The molecule has 46 heavy (non-hydrogen) atoms. The number of nitrogens with zero attached hydrogens (tertiary/aromatic N) is 2. The van der Waals surface area contributed by atoms with Gasteiger partial charge in [0.2, 0.25) is 6.17 Å². The van der Waals surface area contributed by atoms with Crippen LogP contribution in [0, 0.1) is 17.8 Å². The first-order chi connectivity index (χ1) is 22.8. The summed E-state index contributed by atoms with van der Waals surface area (Å²) in [7, 11) is 0. The molecule has 0 bridgehead atoms. The quantitative estimate of drug-likeness (QED) is 0.121. The molecule has 0 fully saturated rings. The Hall–Kier alpha value is -5.47. The van der Waals surface area contributed by atoms with E-state index in [1.165, 1.54) is 66.2 Å². The Morgan fingerprint density at radius 1 is 0.739 bits per heavy atom. The van der Waals surface area contributed by atoms with Gasteiger partial charge in [-0.15, -0.1) is 5.73 Å². The molecule has 10 rings (SSSR count). The summed E-state index contributed by atoms with van der Waals surface area (Å²) in [5, 5.41) is 7.50. The molecule has 4 atom stereocenters. The fourth-order valence-electron chi connectivity index (χ4n) is 8.35. The van der Waals surface area contributed by atoms with Crippen molar-refractivity contribution < 1.29 is 5.32 Å². The minimum absolute atomic E-state index is 0.0204. The number of rotatable bonds is 3. The van der Waals surface area contributed by atoms with Crippen molar-refractivity contribution in [3.8, 4) is 5.69 Å². The maximum absolute atomic E-state index is 5.52. The Morgan fingerprint density at radius 2 is 1.57 bits per heavy atom. The van der Waals surface area contributed by atoms with Gasteiger partial charge in [-0.05, 0) is 89.4 Å². The lowest BCUT2D eigenvalue weighted by molar-refractivity contribution is -0.617. The van der Waals surface area contributed by atoms with Crippen LogP contribution in [0.1, 0.15) is 34.8 Å². The van der Waals surface area contributed by atoms with Crippen LogP contribution in [0.4, 0.5) is 5.69 Å². The summed E-state index contributed by atoms with van der Waals surface area (Å²) in [5.41, 5.74) is 14.5. The third-order valence-corrected chi connectivity index (χ3v) is 10.5. The van der Waals surface area contributed by atoms with Crippen molar-refractivity contribution in [1.82, 2.24) is 4.57 Å². The molecule has 4 aliphatic rings. The first kappa shape index (κ1) is 25.8. The Kier molecular flexibility index (Phi) is 5.62. The Labute approximate surface area is 267 Å². The molecular formula is C43H32N3+. The standard InChI is InChI=1S/C43H31N3/c1-3-13-32-27(9-1)11-8-17-35(32)42-36-15-5-6-18-37(36)44-43(45-42)30-19-23-31(24-20-30)46-38-25-21-28-10-2-4-14-33(28)40(38)41-34-16-7-12-29(34)22-26-39(41)46/h1-6,8-16,18-27,32,35,43-44H,17H2/p+1. The second kappa shape index (κ2) is 10.0. The summed E-state index contributed by atoms with van der Waals surface area (Å²) in [6.45, 7) is 0. The topological polar surface area (TPSA) is 33.9 Å². The van der Waals surface area contributed by atoms with Crippen LogP contribution in [0.3, 0.4) is 0 Å². The first-order valence-electron chi connectivity index (χ1n) is 16.4. The van der Waals surface area contributed by atoms with Gasteiger partial charge in [0, 0.05) is 39.4 Å². The molecule has 2 N–H and O–H groups in total. The van der Waals surface area contributed by atoms with Crippen molar-refractivity contribution in [3.63, 3.8) is 0 Å². The van der Waals surface area contributed by atoms with Crippen LogP contribution in [0.15, 0.2) is 144 Å². The van der Waals surface area contributed by atoms with Gasteiger partial charge in [0.1, 0.15) is 5.69 Å². The summed E-state index contributed by atoms with van der Waals surface area (Å²) in [6, 6.07) is 35.7. The van der Waals surface area contributed by atoms with Crippen LogP contribution in [0.5, 0.6) is 0 Å². The molecule has 1 aliphatic heterocycles. The minimum atomic E-state index is -0.0204. The number of quaternary nitrogens is 1. The lowest BCUT2D eigenvalue weighted by atomic mass is 9.70. The van der Waals surface area contributed by atoms with Gasteiger partial charge in [0.25, 0.3) is 0 Å². The van der Waals surface area contributed by atoms with E-state index in [2.05, 4.69) is 161 Å². The molecule has 218 valence electrons. The average molecular weight is 591 g/mol. The third kappa shape index (κ3) is 3.80. The summed E-state index contributed by atoms with van der Waals surface area (Å²) in [5.74, 6) is 1.25. The highest BCUT2D eigenvalue weighted by molar-refractivity contribution is 6.24. The highest BCUT2D eigenvalue weighted by Crippen LogP contribution is 2.42. The predicted octanol–water partition coefficient (Wildman–Crippen LogP) is 9.21. The molecule has 1 aromatic heterocycles. The number of nitrogens with two attached hydrogens (primary N) is 1. The van der Waals surface area contributed by atoms with Gasteiger partial charge in [-0.25, -0.2) is 4.99 Å². The largest absolute Gasteiger partial charge is 0.309 e. The van der Waals surface area contributed by atoms with Crippen LogP contribution in [0.2, 0.25) is 0 Å². The van der Waals surface area contributed by atoms with Crippen molar-refractivity contribution in [2.75, 3.05) is 0 Å². The van der Waals surface area contributed by atoms with Gasteiger partial charge in [0.15, 0.2) is 0 Å². The van der Waals surface area contributed by atoms with Gasteiger partial charge < -0.3 is 4.57 Å². The maximum Gasteiger partial charge on any atom is 0.210 e. The SMILES string of the molecule is C1=Cc2ccc3c(c2C=1)c1c2ccccc2ccc1n3-c1ccc(C2N=C(C3CC=CC4C=CC=CC43)c3ccccc3[NH2+]2)cc1. The van der Waals surface area contributed by atoms with Crippen LogP contribution in [-0.4, -0.2) is 10.3 Å². The molecule has 2 heterocycles. The number of para-hydroxylation sites is 1. The lowest BCUT2D eigenvalue weighted by Crippen LogP contribution is -2.80. The van der Waals surface area contributed by atoms with Crippen molar-refractivity contribution in [2.24, 2.45) is 22.7 Å². The number of fused-ring (bicyclic) bond motifs is 9. The van der Waals surface area contributed by atoms with Crippen molar-refractivity contribution in [3.05, 3.63) is 162 Å². The zero-order chi connectivity index (χ0) is 30.2. The van der Waals surface area contributed by atoms with Crippen molar-refractivity contribution >= 4 is 56.1 Å². The monoisotopic (exact) mass is 590 g/mol. The summed E-state index contributed by atoms with van der Waals surface area (Å²) < 4.78 is 2.43. The smallest absolute Gasteiger partial charge is 0.210 e. The number of hydrogen-bond donors (Lipinski definition) is 1. The zero-order valence-electron chi connectivity index (χ0n) is 25.3. The fraction of sp³-hybridized carbons (Fsp3) is 0.116. The van der Waals surface area contributed by atoms with E-state index in [0.29, 0.717) is 17.8 Å². The van der Waals surface area contributed by atoms with Gasteiger partial charge in [-0.2, -0.15) is 0 Å². The molecule has 3 aliphatic carbocycles. The predicted molar refractivity (Wildman–Crippen MR) is 191 cm³/mol. The molecule has 0 saturated heterocycles. The molecule has 5 aromatic carbocycles. The van der Waals surface area contributed by atoms with Crippen LogP contribution in [0.25, 0.3) is 50.4 Å². The fourth-order valence-corrected chi connectivity index (χ4v) is 8.35. The van der Waals surface area contributed by atoms with Gasteiger partial charge in [-0.3, -0.25) is 5.32 Å². The van der Waals surface area contributed by atoms with Crippen LogP contribution >= 0.6 is 0 Å². The highest BCUT2D eigenvalue weighted by Gasteiger charge is 2.36. The number of aliphatic imine (C=N–C) groups is 1. The highest BCUT2D eigenvalue weighted by atomic mass is 15.1. The van der Waals surface area contributed by atoms with Crippen LogP contribution < -0.4 is 5.32 Å². The minimum Gasteiger partial charge on any atom is -0.309 e. The summed E-state index contributed by atoms with van der Waals surface area (Å²) in [4.78, 5) is 5.52. The van der Waals surface area contributed by atoms with E-state index < -0.39 is 0 Å². The van der Waals surface area contributed by atoms with Crippen molar-refractivity contribution in [1.29, 1.82) is 0 Å². The van der Waals surface area contributed by atoms with Gasteiger partial charge >= 0.3 is 0 Å². The molecule has 4 unspecified atom stereocenters. The molecule has 3 nitrogen and oxygen atoms in total. The lowest BCUT2D eigenvalue weighted by Gasteiger charge is -2.35. The average Bonchev–Trinajstić information content (AvgIpc) is 3.74. The van der Waals surface area contributed by atoms with Crippen LogP contribution in [-0.2, 0) is 0 Å². The van der Waals surface area contributed by atoms with E-state index in [-0.39, 0.29) is 6.17 Å². The first-order valence-corrected chi connectivity index (χ1v) is 16.4. The van der Waals surface area contributed by atoms with Gasteiger partial charge in [-0.1, -0.05) is 85.0 Å². The number of aromatic nitrogens is 1.